The predicted octanol–water partition coefficient (Wildman–Crippen LogP) is -14.8. The zero-order valence-corrected chi connectivity index (χ0v) is 40.0. The zero-order chi connectivity index (χ0) is 35.2. The van der Waals surface area contributed by atoms with Crippen LogP contribution in [0.15, 0.2) is 81.9 Å². The summed E-state index contributed by atoms with van der Waals surface area (Å²) < 4.78 is 61.0. The van der Waals surface area contributed by atoms with Gasteiger partial charge in [0, 0.05) is 33.3 Å². The Bertz CT molecular complexity index is 2350. The summed E-state index contributed by atoms with van der Waals surface area (Å²) in [7, 11) is -8.14. The minimum absolute atomic E-state index is 0. The van der Waals surface area contributed by atoms with Gasteiger partial charge in [-0.15, -0.1) is 18.0 Å². The van der Waals surface area contributed by atoms with E-state index >= 15 is 0 Å². The van der Waals surface area contributed by atoms with E-state index in [1.807, 2.05) is 0 Å². The van der Waals surface area contributed by atoms with E-state index in [1.165, 1.54) is 54.6 Å². The molecule has 0 aliphatic carbocycles. The summed E-state index contributed by atoms with van der Waals surface area (Å²) in [5.41, 5.74) is -0.924. The first-order valence-electron chi connectivity index (χ1n) is 12.6. The van der Waals surface area contributed by atoms with Gasteiger partial charge < -0.3 is 45.2 Å². The molecule has 5 rings (SSSR count). The molecule has 0 saturated heterocycles. The molecular weight excluding hydrogens is 793 g/mol. The maximum Gasteiger partial charge on any atom is 1.00 e. The van der Waals surface area contributed by atoms with E-state index in [9.17, 15) is 43.0 Å². The number of anilines is 4. The number of azo groups is 1. The molecule has 0 atom stereocenters. The van der Waals surface area contributed by atoms with Crippen molar-refractivity contribution in [1.82, 2.24) is 15.0 Å². The van der Waals surface area contributed by atoms with Gasteiger partial charge in [-0.05, 0) is 29.8 Å². The van der Waals surface area contributed by atoms with Crippen LogP contribution < -0.4 is 174 Å². The smallest absolute Gasteiger partial charge is 0.844 e. The molecule has 0 fully saturated rings. The molecule has 5 aromatic rings. The van der Waals surface area contributed by atoms with Crippen LogP contribution >= 0.6 is 0 Å². The Hall–Kier alpha value is -1.58. The van der Waals surface area contributed by atoms with Crippen molar-refractivity contribution in [1.29, 1.82) is 0 Å². The monoisotopic (exact) mass is 807 g/mol. The average Bonchev–Trinajstić information content (AvgIpc) is 2.99. The Labute approximate surface area is 411 Å². The molecule has 0 radical (unpaired) electrons. The Balaban J connectivity index is 0. The van der Waals surface area contributed by atoms with E-state index < -0.39 is 55.3 Å². The van der Waals surface area contributed by atoms with Crippen LogP contribution in [0.5, 0.6) is 11.8 Å². The first-order valence-corrected chi connectivity index (χ1v) is 15.0. The number of aromatic hydroxyl groups is 1. The topological polar surface area (TPSA) is 319 Å². The second-order valence-corrected chi connectivity index (χ2v) is 10.8. The predicted molar refractivity (Wildman–Crippen MR) is 154 cm³/mol. The maximum atomic E-state index is 12.3. The van der Waals surface area contributed by atoms with Crippen molar-refractivity contribution in [3.63, 3.8) is 0 Å². The molecule has 26 heteroatoms. The van der Waals surface area contributed by atoms with E-state index in [4.69, 9.17) is 12.6 Å². The molecule has 1 aromatic heterocycles. The number of nitrogens with one attached hydrogen (secondary N) is 2. The summed E-state index contributed by atoms with van der Waals surface area (Å²) in [6, 6.07) is 15.4. The first-order chi connectivity index (χ1) is 22.6. The van der Waals surface area contributed by atoms with Gasteiger partial charge in [0.2, 0.25) is 11.9 Å². The van der Waals surface area contributed by atoms with Crippen LogP contribution in [0.2, 0.25) is 0 Å². The van der Waals surface area contributed by atoms with Gasteiger partial charge in [0.25, 0.3) is 0 Å². The van der Waals surface area contributed by atoms with Gasteiger partial charge in [-0.3, -0.25) is 0 Å². The SMILES string of the molecule is O=C([O-])c1cccc(Nc2nc([O-])nc(Nc3cc(S(=O)(=O)[O-])cc4c[c-]c(N=Nc5ccccc5C(=O)[O-])c(O)c34)n2)c1.O=S(=O)=O.[Na+].[Na+].[Na+].[Na+].[Na+]. The third kappa shape index (κ3) is 15.5. The normalized spacial score (nSPS) is 9.98. The fourth-order valence-corrected chi connectivity index (χ4v) is 4.48. The minimum Gasteiger partial charge on any atom is -0.844 e. The number of phenols is 1. The minimum atomic E-state index is -5.03. The van der Waals surface area contributed by atoms with Gasteiger partial charge in [0.1, 0.15) is 10.1 Å². The van der Waals surface area contributed by atoms with Gasteiger partial charge in [-0.1, -0.05) is 41.8 Å². The Kier molecular flexibility index (Phi) is 24.4. The second-order valence-electron chi connectivity index (χ2n) is 8.97. The standard InChI is InChI=1S/C27H18N7O9S.5Na.O3S/c35-22-19(34-33-18-7-2-1-6-17(18)24(38)39)9-8-13-11-16(44(41,42)43)12-20(21(13)22)29-26-30-25(31-27(40)32-26)28-15-5-3-4-14(10-15)23(36)37;;;;;;1-4(2)3/h1-8,10-12,35H,(H,36,37)(H,38,39)(H,41,42,43)(H3,28,29,30,31,32,40);;;;;;/q-1;5*+1;/p-4. The van der Waals surface area contributed by atoms with Gasteiger partial charge in [0.15, 0.2) is 0 Å². The molecule has 246 valence electrons. The molecule has 0 spiro atoms. The number of phenolic OH excluding ortho intramolecular Hbond substituents is 1. The Morgan fingerprint density at radius 2 is 1.42 bits per heavy atom. The van der Waals surface area contributed by atoms with Gasteiger partial charge in [0.05, 0.1) is 23.6 Å². The van der Waals surface area contributed by atoms with E-state index in [-0.39, 0.29) is 198 Å². The second kappa shape index (κ2) is 24.1. The third-order valence-corrected chi connectivity index (χ3v) is 6.67. The van der Waals surface area contributed by atoms with Crippen LogP contribution in [0.1, 0.15) is 20.7 Å². The van der Waals surface area contributed by atoms with Gasteiger partial charge in [-0.25, -0.2) is 18.4 Å². The maximum absolute atomic E-state index is 12.3. The van der Waals surface area contributed by atoms with Crippen LogP contribution in [0.4, 0.5) is 34.6 Å². The van der Waals surface area contributed by atoms with Crippen LogP contribution in [0, 0.1) is 6.07 Å². The zero-order valence-electron chi connectivity index (χ0n) is 28.3. The van der Waals surface area contributed by atoms with Crippen molar-refractivity contribution in [2.24, 2.45) is 10.2 Å². The number of hydrogen-bond acceptors (Lipinski definition) is 19. The Morgan fingerprint density at radius 3 is 2.00 bits per heavy atom. The average molecular weight is 808 g/mol. The van der Waals surface area contributed by atoms with Crippen molar-refractivity contribution >= 4 is 78.1 Å². The molecule has 0 amide bonds. The summed E-state index contributed by atoms with van der Waals surface area (Å²) >= 11 is 0. The first kappa shape index (κ1) is 53.5. The summed E-state index contributed by atoms with van der Waals surface area (Å²) in [4.78, 5) is 33.1. The number of aromatic carboxylic acids is 2. The number of fused-ring (bicyclic) bond motifs is 1. The van der Waals surface area contributed by atoms with Crippen LogP contribution in [-0.2, 0) is 20.7 Å². The Morgan fingerprint density at radius 1 is 0.811 bits per heavy atom. The molecule has 0 unspecified atom stereocenters. The summed E-state index contributed by atoms with van der Waals surface area (Å²) in [6.07, 6.45) is 0. The van der Waals surface area contributed by atoms with E-state index in [1.54, 1.807) is 0 Å². The molecule has 0 aliphatic rings. The molecule has 0 bridgehead atoms. The van der Waals surface area contributed by atoms with Crippen LogP contribution in [-0.4, -0.2) is 57.6 Å². The van der Waals surface area contributed by atoms with Gasteiger partial charge >= 0.3 is 158 Å². The van der Waals surface area contributed by atoms with Gasteiger partial charge in [-0.2, -0.15) is 27.3 Å². The van der Waals surface area contributed by atoms with Crippen LogP contribution in [0.3, 0.4) is 0 Å². The molecule has 19 nitrogen and oxygen atoms in total. The number of carbonyl (C=O) groups is 2. The van der Waals surface area contributed by atoms with E-state index in [0.717, 1.165) is 12.1 Å². The van der Waals surface area contributed by atoms with E-state index in [0.29, 0.717) is 0 Å². The van der Waals surface area contributed by atoms with Crippen molar-refractivity contribution in [3.05, 3.63) is 83.9 Å². The number of carboxylic acids is 2. The van der Waals surface area contributed by atoms with E-state index in [2.05, 4.69) is 41.9 Å². The summed E-state index contributed by atoms with van der Waals surface area (Å²) in [5, 5.41) is 58.6. The number of aromatic nitrogens is 3. The number of rotatable bonds is 9. The third-order valence-electron chi connectivity index (χ3n) is 5.85. The van der Waals surface area contributed by atoms with Crippen molar-refractivity contribution in [2.45, 2.75) is 4.90 Å². The van der Waals surface area contributed by atoms with Crippen LogP contribution in [0.25, 0.3) is 10.8 Å². The molecule has 53 heavy (non-hydrogen) atoms. The fraction of sp³-hybridized carbons (Fsp3) is 0. The molecule has 4 aromatic carbocycles. The number of carboxylic acid groups (broad SMARTS) is 2. The molecule has 3 N–H and O–H groups in total. The molecule has 0 aliphatic heterocycles. The van der Waals surface area contributed by atoms with Crippen molar-refractivity contribution in [2.75, 3.05) is 10.6 Å². The quantitative estimate of drug-likeness (QED) is 0.0539. The largest absolute Gasteiger partial charge is 1.00 e. The number of nitrogens with zero attached hydrogens (tertiary/aromatic N) is 5. The molecule has 0 saturated carbocycles. The van der Waals surface area contributed by atoms with Crippen molar-refractivity contribution in [3.8, 4) is 11.8 Å². The fourth-order valence-electron chi connectivity index (χ4n) is 3.95. The summed E-state index contributed by atoms with van der Waals surface area (Å²) in [6.45, 7) is 0. The molecular formula is C27H14N7Na5O12S2. The van der Waals surface area contributed by atoms with Crippen molar-refractivity contribution < 1.29 is 203 Å². The number of benzene rings is 4. The summed E-state index contributed by atoms with van der Waals surface area (Å²) in [5.74, 6) is -4.37. The number of carbonyl (C=O) groups excluding carboxylic acids is 2. The molecule has 1 heterocycles. The number of hydrogen-bond donors (Lipinski definition) is 3.